The molecule has 3 aromatic heterocycles. The van der Waals surface area contributed by atoms with Crippen molar-refractivity contribution in [2.75, 3.05) is 43.4 Å². The van der Waals surface area contributed by atoms with Crippen LogP contribution in [0.15, 0.2) is 30.5 Å². The van der Waals surface area contributed by atoms with Gasteiger partial charge in [-0.3, -0.25) is 4.79 Å². The maximum Gasteiger partial charge on any atom is 0.287 e. The molecular formula is C20H23F2N7O. The number of rotatable bonds is 4. The lowest BCUT2D eigenvalue weighted by Crippen LogP contribution is -2.44. The molecule has 1 aliphatic heterocycles. The first-order valence-electron chi connectivity index (χ1n) is 9.68. The number of hydrogen-bond acceptors (Lipinski definition) is 6. The fraction of sp³-hybridized carbons (Fsp3) is 0.400. The number of anilines is 2. The molecule has 0 bridgehead atoms. The SMILES string of the molecule is CC(=O)Nc1cc2c(cn1)c(N1CCN(C)CC1)nn2-c1cccc(C(C)(F)F)n1. The number of fused-ring (bicyclic) bond motifs is 1. The lowest BCUT2D eigenvalue weighted by Gasteiger charge is -2.32. The topological polar surface area (TPSA) is 79.2 Å². The molecule has 1 saturated heterocycles. The summed E-state index contributed by atoms with van der Waals surface area (Å²) in [6, 6.07) is 6.14. The van der Waals surface area contributed by atoms with Crippen LogP contribution in [0.3, 0.4) is 0 Å². The first-order valence-corrected chi connectivity index (χ1v) is 9.68. The van der Waals surface area contributed by atoms with Crippen LogP contribution in [0.1, 0.15) is 19.5 Å². The Labute approximate surface area is 172 Å². The standard InChI is InChI=1S/C20H23F2N7O/c1-13(30)24-17-11-15-14(12-23-17)19(28-9-7-27(3)8-10-28)26-29(15)18-6-4-5-16(25-18)20(2,21)22/h4-6,11-12H,7-10H2,1-3H3,(H,23,24,30). The van der Waals surface area contributed by atoms with Crippen LogP contribution < -0.4 is 10.2 Å². The van der Waals surface area contributed by atoms with Gasteiger partial charge in [0.25, 0.3) is 5.92 Å². The molecule has 8 nitrogen and oxygen atoms in total. The lowest BCUT2D eigenvalue weighted by atomic mass is 10.2. The van der Waals surface area contributed by atoms with Gasteiger partial charge in [0.1, 0.15) is 11.5 Å². The third-order valence-electron chi connectivity index (χ3n) is 5.05. The van der Waals surface area contributed by atoms with Crippen molar-refractivity contribution in [1.29, 1.82) is 0 Å². The smallest absolute Gasteiger partial charge is 0.287 e. The molecule has 1 amide bonds. The fourth-order valence-electron chi connectivity index (χ4n) is 3.46. The Balaban J connectivity index is 1.86. The van der Waals surface area contributed by atoms with Crippen LogP contribution in [0.4, 0.5) is 20.4 Å². The summed E-state index contributed by atoms with van der Waals surface area (Å²) in [5, 5.41) is 8.14. The molecule has 0 spiro atoms. The average molecular weight is 415 g/mol. The summed E-state index contributed by atoms with van der Waals surface area (Å²) in [5.41, 5.74) is 0.299. The Morgan fingerprint density at radius 2 is 1.93 bits per heavy atom. The maximum atomic E-state index is 13.8. The van der Waals surface area contributed by atoms with Crippen LogP contribution in [0.25, 0.3) is 16.7 Å². The van der Waals surface area contributed by atoms with E-state index in [1.807, 2.05) is 0 Å². The van der Waals surface area contributed by atoms with Gasteiger partial charge in [-0.05, 0) is 19.2 Å². The number of amides is 1. The van der Waals surface area contributed by atoms with Gasteiger partial charge in [-0.25, -0.2) is 14.6 Å². The van der Waals surface area contributed by atoms with E-state index in [1.54, 1.807) is 18.3 Å². The molecule has 1 N–H and O–H groups in total. The number of nitrogens with zero attached hydrogens (tertiary/aromatic N) is 6. The predicted molar refractivity (Wildman–Crippen MR) is 110 cm³/mol. The number of nitrogens with one attached hydrogen (secondary N) is 1. The van der Waals surface area contributed by atoms with Gasteiger partial charge >= 0.3 is 0 Å². The van der Waals surface area contributed by atoms with Crippen LogP contribution in [0, 0.1) is 0 Å². The van der Waals surface area contributed by atoms with Crippen LogP contribution in [-0.4, -0.2) is 63.8 Å². The highest BCUT2D eigenvalue weighted by Gasteiger charge is 2.27. The van der Waals surface area contributed by atoms with Gasteiger partial charge in [0.15, 0.2) is 11.6 Å². The molecule has 0 aliphatic carbocycles. The van der Waals surface area contributed by atoms with E-state index >= 15 is 0 Å². The minimum atomic E-state index is -3.07. The highest BCUT2D eigenvalue weighted by atomic mass is 19.3. The summed E-state index contributed by atoms with van der Waals surface area (Å²) >= 11 is 0. The molecule has 0 aromatic carbocycles. The number of piperazine rings is 1. The van der Waals surface area contributed by atoms with Crippen LogP contribution >= 0.6 is 0 Å². The molecule has 158 valence electrons. The third kappa shape index (κ3) is 3.95. The van der Waals surface area contributed by atoms with Crippen LogP contribution in [0.2, 0.25) is 0 Å². The number of aromatic nitrogens is 4. The molecule has 3 aromatic rings. The number of alkyl halides is 2. The van der Waals surface area contributed by atoms with Crippen LogP contribution in [0.5, 0.6) is 0 Å². The third-order valence-corrected chi connectivity index (χ3v) is 5.05. The molecule has 1 aliphatic rings. The molecule has 1 fully saturated rings. The highest BCUT2D eigenvalue weighted by molar-refractivity contribution is 5.95. The number of halogens is 2. The molecule has 0 atom stereocenters. The zero-order valence-corrected chi connectivity index (χ0v) is 17.1. The number of likely N-dealkylation sites (N-methyl/N-ethyl adjacent to an activating group) is 1. The quantitative estimate of drug-likeness (QED) is 0.706. The van der Waals surface area contributed by atoms with Crippen molar-refractivity contribution in [2.45, 2.75) is 19.8 Å². The summed E-state index contributed by atoms with van der Waals surface area (Å²) in [7, 11) is 2.07. The summed E-state index contributed by atoms with van der Waals surface area (Å²) in [4.78, 5) is 24.3. The Bertz CT molecular complexity index is 1080. The van der Waals surface area contributed by atoms with Crippen molar-refractivity contribution in [3.63, 3.8) is 0 Å². The Morgan fingerprint density at radius 3 is 2.60 bits per heavy atom. The Kier molecular flexibility index (Phi) is 5.10. The van der Waals surface area contributed by atoms with Crippen molar-refractivity contribution in [3.05, 3.63) is 36.2 Å². The fourth-order valence-corrected chi connectivity index (χ4v) is 3.46. The predicted octanol–water partition coefficient (Wildman–Crippen LogP) is 2.64. The molecule has 4 rings (SSSR count). The summed E-state index contributed by atoms with van der Waals surface area (Å²) in [5.74, 6) is -1.96. The number of carbonyl (C=O) groups is 1. The lowest BCUT2D eigenvalue weighted by molar-refractivity contribution is -0.114. The van der Waals surface area contributed by atoms with Gasteiger partial charge in [0.05, 0.1) is 10.9 Å². The van der Waals surface area contributed by atoms with Gasteiger partial charge in [0, 0.05) is 52.3 Å². The van der Waals surface area contributed by atoms with E-state index in [0.29, 0.717) is 11.3 Å². The summed E-state index contributed by atoms with van der Waals surface area (Å²) in [6.07, 6.45) is 1.65. The minimum Gasteiger partial charge on any atom is -0.352 e. The van der Waals surface area contributed by atoms with Crippen molar-refractivity contribution in [3.8, 4) is 5.82 Å². The molecule has 0 unspecified atom stereocenters. The number of hydrogen-bond donors (Lipinski definition) is 1. The van der Waals surface area contributed by atoms with E-state index in [4.69, 9.17) is 5.10 Å². The molecule has 0 saturated carbocycles. The zero-order chi connectivity index (χ0) is 21.5. The Hall–Kier alpha value is -3.14. The first kappa shape index (κ1) is 20.1. The molecule has 0 radical (unpaired) electrons. The first-order chi connectivity index (χ1) is 14.2. The van der Waals surface area contributed by atoms with Crippen molar-refractivity contribution < 1.29 is 13.6 Å². The monoisotopic (exact) mass is 415 g/mol. The minimum absolute atomic E-state index is 0.252. The number of carbonyl (C=O) groups excluding carboxylic acids is 1. The van der Waals surface area contributed by atoms with Crippen molar-refractivity contribution in [1.82, 2.24) is 24.6 Å². The van der Waals surface area contributed by atoms with Crippen molar-refractivity contribution >= 4 is 28.4 Å². The highest BCUT2D eigenvalue weighted by Crippen LogP contribution is 2.31. The van der Waals surface area contributed by atoms with Gasteiger partial charge in [-0.2, -0.15) is 8.78 Å². The second-order valence-electron chi connectivity index (χ2n) is 7.56. The van der Waals surface area contributed by atoms with E-state index in [1.165, 1.54) is 23.7 Å². The van der Waals surface area contributed by atoms with Gasteiger partial charge in [0.2, 0.25) is 5.91 Å². The van der Waals surface area contributed by atoms with E-state index in [9.17, 15) is 13.6 Å². The Morgan fingerprint density at radius 1 is 1.20 bits per heavy atom. The molecular weight excluding hydrogens is 392 g/mol. The van der Waals surface area contributed by atoms with Gasteiger partial charge in [-0.1, -0.05) is 6.07 Å². The van der Waals surface area contributed by atoms with E-state index < -0.39 is 5.92 Å². The second kappa shape index (κ2) is 7.60. The van der Waals surface area contributed by atoms with Gasteiger partial charge < -0.3 is 15.1 Å². The van der Waals surface area contributed by atoms with Crippen LogP contribution in [-0.2, 0) is 10.7 Å². The normalized spacial score (nSPS) is 15.6. The number of pyridine rings is 2. The maximum absolute atomic E-state index is 13.8. The molecule has 10 heteroatoms. The van der Waals surface area contributed by atoms with Crippen molar-refractivity contribution in [2.24, 2.45) is 0 Å². The largest absolute Gasteiger partial charge is 0.352 e. The molecule has 30 heavy (non-hydrogen) atoms. The van der Waals surface area contributed by atoms with E-state index in [2.05, 4.69) is 32.1 Å². The summed E-state index contributed by atoms with van der Waals surface area (Å²) in [6.45, 7) is 5.57. The van der Waals surface area contributed by atoms with Gasteiger partial charge in [-0.15, -0.1) is 5.10 Å². The van der Waals surface area contributed by atoms with E-state index in [-0.39, 0.29) is 17.4 Å². The second-order valence-corrected chi connectivity index (χ2v) is 7.56. The average Bonchev–Trinajstić information content (AvgIpc) is 3.06. The summed E-state index contributed by atoms with van der Waals surface area (Å²) < 4.78 is 29.2. The van der Waals surface area contributed by atoms with E-state index in [0.717, 1.165) is 44.3 Å². The zero-order valence-electron chi connectivity index (χ0n) is 17.1. The molecule has 4 heterocycles.